The first kappa shape index (κ1) is 13.5. The highest BCUT2D eigenvalue weighted by molar-refractivity contribution is 5.51. The average molecular weight is 307 g/mol. The van der Waals surface area contributed by atoms with Gasteiger partial charge in [0.25, 0.3) is 0 Å². The Morgan fingerprint density at radius 2 is 2.17 bits per heavy atom. The highest BCUT2D eigenvalue weighted by atomic mass is 16.4. The number of allylic oxidation sites excluding steroid dienone is 2. The fourth-order valence-electron chi connectivity index (χ4n) is 5.00. The number of hydrogen-bond acceptors (Lipinski definition) is 4. The van der Waals surface area contributed by atoms with Crippen molar-refractivity contribution in [2.75, 3.05) is 0 Å². The summed E-state index contributed by atoms with van der Waals surface area (Å²) < 4.78 is 6.15. The van der Waals surface area contributed by atoms with E-state index in [0.717, 1.165) is 35.4 Å². The first-order valence-electron chi connectivity index (χ1n) is 8.68. The standard InChI is InChI=1S/C19H21N3O/c1-12-5-6-15(11-20-12)17-21-22-18(23-17)19-8-13-3-2-4-14(9-19)16(7-13)10-19/h4-6,11,13,16H,2-3,7-10H2,1H3. The molecule has 4 heteroatoms. The van der Waals surface area contributed by atoms with Gasteiger partial charge in [0.1, 0.15) is 0 Å². The summed E-state index contributed by atoms with van der Waals surface area (Å²) in [7, 11) is 0. The number of rotatable bonds is 2. The molecule has 3 aliphatic rings. The van der Waals surface area contributed by atoms with E-state index in [4.69, 9.17) is 4.42 Å². The van der Waals surface area contributed by atoms with Crippen LogP contribution in [0.5, 0.6) is 0 Å². The van der Waals surface area contributed by atoms with Crippen LogP contribution in [0.1, 0.15) is 50.1 Å². The number of aromatic nitrogens is 3. The fourth-order valence-corrected chi connectivity index (χ4v) is 5.00. The summed E-state index contributed by atoms with van der Waals surface area (Å²) in [6, 6.07) is 3.99. The molecule has 2 aromatic heterocycles. The summed E-state index contributed by atoms with van der Waals surface area (Å²) in [5.41, 5.74) is 3.67. The molecule has 0 saturated heterocycles. The maximum absolute atomic E-state index is 6.15. The Balaban J connectivity index is 1.52. The van der Waals surface area contributed by atoms with E-state index >= 15 is 0 Å². The van der Waals surface area contributed by atoms with Gasteiger partial charge in [-0.2, -0.15) is 0 Å². The van der Waals surface area contributed by atoms with Crippen LogP contribution >= 0.6 is 0 Å². The topological polar surface area (TPSA) is 51.8 Å². The van der Waals surface area contributed by atoms with Gasteiger partial charge in [0, 0.05) is 11.9 Å². The summed E-state index contributed by atoms with van der Waals surface area (Å²) in [5, 5.41) is 8.78. The molecule has 3 aliphatic carbocycles. The Labute approximate surface area is 136 Å². The molecule has 118 valence electrons. The van der Waals surface area contributed by atoms with E-state index in [0.29, 0.717) is 5.89 Å². The molecule has 3 atom stereocenters. The van der Waals surface area contributed by atoms with Crippen LogP contribution < -0.4 is 0 Å². The molecular weight excluding hydrogens is 286 g/mol. The van der Waals surface area contributed by atoms with Crippen LogP contribution in [0.15, 0.2) is 34.4 Å². The van der Waals surface area contributed by atoms with Crippen LogP contribution in [0, 0.1) is 18.8 Å². The predicted octanol–water partition coefficient (Wildman–Crippen LogP) is 4.22. The van der Waals surface area contributed by atoms with Crippen LogP contribution in [0.3, 0.4) is 0 Å². The van der Waals surface area contributed by atoms with Gasteiger partial charge >= 0.3 is 0 Å². The molecule has 3 bridgehead atoms. The van der Waals surface area contributed by atoms with Crippen LogP contribution in [0.25, 0.3) is 11.5 Å². The number of pyridine rings is 1. The molecule has 0 N–H and O–H groups in total. The second-order valence-electron chi connectivity index (χ2n) is 7.62. The normalized spacial score (nSPS) is 32.0. The van der Waals surface area contributed by atoms with Gasteiger partial charge in [0.05, 0.1) is 11.0 Å². The lowest BCUT2D eigenvalue weighted by Crippen LogP contribution is -2.31. The van der Waals surface area contributed by atoms with Crippen molar-refractivity contribution in [3.8, 4) is 11.5 Å². The van der Waals surface area contributed by atoms with Gasteiger partial charge < -0.3 is 4.42 Å². The Morgan fingerprint density at radius 3 is 3.04 bits per heavy atom. The summed E-state index contributed by atoms with van der Waals surface area (Å²) in [6.45, 7) is 1.98. The smallest absolute Gasteiger partial charge is 0.249 e. The third kappa shape index (κ3) is 2.07. The first-order valence-corrected chi connectivity index (χ1v) is 8.68. The average Bonchev–Trinajstić information content (AvgIpc) is 3.09. The monoisotopic (exact) mass is 307 g/mol. The Morgan fingerprint density at radius 1 is 1.22 bits per heavy atom. The van der Waals surface area contributed by atoms with Crippen molar-refractivity contribution in [1.29, 1.82) is 0 Å². The minimum absolute atomic E-state index is 0.100. The Kier molecular flexibility index (Phi) is 2.79. The Bertz CT molecular complexity index is 776. The molecule has 2 saturated carbocycles. The third-order valence-electron chi connectivity index (χ3n) is 6.02. The molecule has 3 unspecified atom stereocenters. The summed E-state index contributed by atoms with van der Waals surface area (Å²) in [6.07, 6.45) is 11.8. The van der Waals surface area contributed by atoms with E-state index in [1.807, 2.05) is 25.3 Å². The fraction of sp³-hybridized carbons (Fsp3) is 0.526. The van der Waals surface area contributed by atoms with Gasteiger partial charge in [0.2, 0.25) is 11.8 Å². The summed E-state index contributed by atoms with van der Waals surface area (Å²) in [4.78, 5) is 4.33. The summed E-state index contributed by atoms with van der Waals surface area (Å²) >= 11 is 0. The quantitative estimate of drug-likeness (QED) is 0.780. The van der Waals surface area contributed by atoms with Gasteiger partial charge in [-0.3, -0.25) is 4.98 Å². The predicted molar refractivity (Wildman–Crippen MR) is 86.7 cm³/mol. The molecular formula is C19H21N3O. The second kappa shape index (κ2) is 4.76. The second-order valence-corrected chi connectivity index (χ2v) is 7.62. The van der Waals surface area contributed by atoms with Gasteiger partial charge in [0.15, 0.2) is 0 Å². The molecule has 2 aromatic rings. The zero-order valence-electron chi connectivity index (χ0n) is 13.5. The third-order valence-corrected chi connectivity index (χ3v) is 6.02. The highest BCUT2D eigenvalue weighted by Crippen LogP contribution is 2.58. The van der Waals surface area contributed by atoms with Crippen molar-refractivity contribution >= 4 is 0 Å². The molecule has 5 rings (SSSR count). The van der Waals surface area contributed by atoms with Crippen LogP contribution in [-0.4, -0.2) is 15.2 Å². The number of hydrogen-bond donors (Lipinski definition) is 0. The van der Waals surface area contributed by atoms with Crippen molar-refractivity contribution < 1.29 is 4.42 Å². The zero-order valence-corrected chi connectivity index (χ0v) is 13.5. The first-order chi connectivity index (χ1) is 11.2. The minimum atomic E-state index is 0.100. The van der Waals surface area contributed by atoms with E-state index in [1.54, 1.807) is 5.57 Å². The molecule has 2 heterocycles. The lowest BCUT2D eigenvalue weighted by atomic mass is 9.69. The number of fused-ring (bicyclic) bond motifs is 2. The highest BCUT2D eigenvalue weighted by Gasteiger charge is 2.52. The van der Waals surface area contributed by atoms with Crippen LogP contribution in [0.2, 0.25) is 0 Å². The molecule has 0 amide bonds. The van der Waals surface area contributed by atoms with Crippen molar-refractivity contribution in [2.45, 2.75) is 50.9 Å². The largest absolute Gasteiger partial charge is 0.420 e. The lowest BCUT2D eigenvalue weighted by Gasteiger charge is -2.34. The van der Waals surface area contributed by atoms with E-state index in [1.165, 1.54) is 32.1 Å². The van der Waals surface area contributed by atoms with Gasteiger partial charge in [-0.05, 0) is 69.4 Å². The Hall–Kier alpha value is -1.97. The SMILES string of the molecule is Cc1ccc(-c2nnc(C34CC5=CCCC(CC5C3)C4)o2)cn1. The van der Waals surface area contributed by atoms with Gasteiger partial charge in [-0.15, -0.1) is 10.2 Å². The maximum Gasteiger partial charge on any atom is 0.249 e. The molecule has 0 spiro atoms. The molecule has 23 heavy (non-hydrogen) atoms. The van der Waals surface area contributed by atoms with Gasteiger partial charge in [-0.25, -0.2) is 0 Å². The minimum Gasteiger partial charge on any atom is -0.420 e. The molecule has 0 aromatic carbocycles. The van der Waals surface area contributed by atoms with Crippen molar-refractivity contribution in [3.05, 3.63) is 41.6 Å². The summed E-state index contributed by atoms with van der Waals surface area (Å²) in [5.74, 6) is 3.04. The van der Waals surface area contributed by atoms with E-state index in [2.05, 4.69) is 21.3 Å². The van der Waals surface area contributed by atoms with Gasteiger partial charge in [-0.1, -0.05) is 11.6 Å². The zero-order chi connectivity index (χ0) is 15.4. The number of nitrogens with zero attached hydrogens (tertiary/aromatic N) is 3. The molecule has 2 fully saturated rings. The maximum atomic E-state index is 6.15. The number of aryl methyl sites for hydroxylation is 1. The van der Waals surface area contributed by atoms with E-state index < -0.39 is 0 Å². The lowest BCUT2D eigenvalue weighted by molar-refractivity contribution is 0.189. The molecule has 0 aliphatic heterocycles. The molecule has 0 radical (unpaired) electrons. The van der Waals surface area contributed by atoms with Crippen molar-refractivity contribution in [1.82, 2.24) is 15.2 Å². The molecule has 4 nitrogen and oxygen atoms in total. The van der Waals surface area contributed by atoms with Crippen molar-refractivity contribution in [3.63, 3.8) is 0 Å². The van der Waals surface area contributed by atoms with Crippen LogP contribution in [-0.2, 0) is 5.41 Å². The van der Waals surface area contributed by atoms with Crippen LogP contribution in [0.4, 0.5) is 0 Å². The van der Waals surface area contributed by atoms with E-state index in [9.17, 15) is 0 Å². The van der Waals surface area contributed by atoms with Crippen molar-refractivity contribution in [2.24, 2.45) is 11.8 Å². The van der Waals surface area contributed by atoms with E-state index in [-0.39, 0.29) is 5.41 Å².